The number of rotatable bonds is 2. The first-order chi connectivity index (χ1) is 7.24. The molecule has 0 aliphatic heterocycles. The average Bonchev–Trinajstić information content (AvgIpc) is 2.27. The molecule has 0 heterocycles. The van der Waals surface area contributed by atoms with Crippen molar-refractivity contribution in [2.75, 3.05) is 6.26 Å². The Morgan fingerprint density at radius 3 is 2.33 bits per heavy atom. The molecule has 2 rings (SSSR count). The molecule has 15 heavy (non-hydrogen) atoms. The minimum atomic E-state index is 0.124. The lowest BCUT2D eigenvalue weighted by molar-refractivity contribution is 0.101. The average molecular weight is 216 g/mol. The Morgan fingerprint density at radius 1 is 1.07 bits per heavy atom. The zero-order valence-corrected chi connectivity index (χ0v) is 9.60. The maximum Gasteiger partial charge on any atom is 0.160 e. The molecule has 0 spiro atoms. The quantitative estimate of drug-likeness (QED) is 0.561. The third-order valence-electron chi connectivity index (χ3n) is 2.48. The van der Waals surface area contributed by atoms with E-state index in [4.69, 9.17) is 0 Å². The summed E-state index contributed by atoms with van der Waals surface area (Å²) < 4.78 is 0. The fraction of sp³-hybridized carbons (Fsp3) is 0.154. The van der Waals surface area contributed by atoms with Crippen LogP contribution in [0.4, 0.5) is 0 Å². The van der Waals surface area contributed by atoms with Gasteiger partial charge >= 0.3 is 0 Å². The predicted octanol–water partition coefficient (Wildman–Crippen LogP) is 3.76. The Labute approximate surface area is 93.5 Å². The Kier molecular flexibility index (Phi) is 2.78. The van der Waals surface area contributed by atoms with E-state index in [1.165, 1.54) is 4.90 Å². The van der Waals surface area contributed by atoms with Crippen LogP contribution in [-0.2, 0) is 0 Å². The van der Waals surface area contributed by atoms with Gasteiger partial charge in [-0.25, -0.2) is 0 Å². The van der Waals surface area contributed by atoms with Gasteiger partial charge in [-0.2, -0.15) is 0 Å². The van der Waals surface area contributed by atoms with Gasteiger partial charge in [0.15, 0.2) is 5.78 Å². The maximum atomic E-state index is 11.5. The van der Waals surface area contributed by atoms with Gasteiger partial charge in [0, 0.05) is 10.5 Å². The molecule has 0 aromatic heterocycles. The van der Waals surface area contributed by atoms with E-state index in [1.54, 1.807) is 18.7 Å². The van der Waals surface area contributed by atoms with Gasteiger partial charge in [0.1, 0.15) is 0 Å². The van der Waals surface area contributed by atoms with E-state index in [2.05, 4.69) is 12.3 Å². The first-order valence-corrected chi connectivity index (χ1v) is 6.03. The normalized spacial score (nSPS) is 10.5. The third-order valence-corrected chi connectivity index (χ3v) is 3.28. The van der Waals surface area contributed by atoms with Gasteiger partial charge in [-0.05, 0) is 36.1 Å². The van der Waals surface area contributed by atoms with Crippen LogP contribution in [-0.4, -0.2) is 12.0 Å². The molecule has 0 saturated carbocycles. The molecule has 0 aliphatic rings. The number of Topliss-reactive ketones (excluding diaryl/α,β-unsaturated/α-hetero) is 1. The van der Waals surface area contributed by atoms with Crippen molar-refractivity contribution in [2.45, 2.75) is 11.8 Å². The van der Waals surface area contributed by atoms with E-state index in [-0.39, 0.29) is 5.78 Å². The fourth-order valence-electron chi connectivity index (χ4n) is 1.76. The summed E-state index contributed by atoms with van der Waals surface area (Å²) in [6, 6.07) is 12.0. The number of ketones is 1. The lowest BCUT2D eigenvalue weighted by Gasteiger charge is -2.07. The molecule has 0 unspecified atom stereocenters. The van der Waals surface area contributed by atoms with Crippen molar-refractivity contribution in [3.8, 4) is 0 Å². The zero-order valence-electron chi connectivity index (χ0n) is 8.78. The van der Waals surface area contributed by atoms with E-state index in [9.17, 15) is 4.79 Å². The highest BCUT2D eigenvalue weighted by Gasteiger charge is 2.07. The molecule has 0 amide bonds. The predicted molar refractivity (Wildman–Crippen MR) is 65.7 cm³/mol. The van der Waals surface area contributed by atoms with E-state index in [1.807, 2.05) is 30.3 Å². The van der Waals surface area contributed by atoms with Crippen molar-refractivity contribution < 1.29 is 4.79 Å². The first-order valence-electron chi connectivity index (χ1n) is 4.80. The van der Waals surface area contributed by atoms with Crippen LogP contribution in [0.3, 0.4) is 0 Å². The van der Waals surface area contributed by atoms with Crippen LogP contribution in [0.1, 0.15) is 17.3 Å². The second-order valence-corrected chi connectivity index (χ2v) is 4.27. The van der Waals surface area contributed by atoms with E-state index in [0.717, 1.165) is 16.3 Å². The number of benzene rings is 2. The number of hydrogen-bond acceptors (Lipinski definition) is 2. The molecule has 0 fully saturated rings. The zero-order chi connectivity index (χ0) is 10.8. The second-order valence-electron chi connectivity index (χ2n) is 3.42. The van der Waals surface area contributed by atoms with Crippen molar-refractivity contribution in [2.24, 2.45) is 0 Å². The topological polar surface area (TPSA) is 17.1 Å². The second kappa shape index (κ2) is 4.07. The molecule has 0 radical (unpaired) electrons. The van der Waals surface area contributed by atoms with E-state index < -0.39 is 0 Å². The molecule has 0 aliphatic carbocycles. The van der Waals surface area contributed by atoms with Crippen LogP contribution in [0.5, 0.6) is 0 Å². The smallest absolute Gasteiger partial charge is 0.160 e. The highest BCUT2D eigenvalue weighted by Crippen LogP contribution is 2.28. The van der Waals surface area contributed by atoms with Gasteiger partial charge in [-0.1, -0.05) is 24.3 Å². The minimum absolute atomic E-state index is 0.124. The monoisotopic (exact) mass is 216 g/mol. The summed E-state index contributed by atoms with van der Waals surface area (Å²) >= 11 is 1.71. The van der Waals surface area contributed by atoms with Gasteiger partial charge in [-0.3, -0.25) is 4.79 Å². The number of thioether (sulfide) groups is 1. The summed E-state index contributed by atoms with van der Waals surface area (Å²) in [6.45, 7) is 1.61. The summed E-state index contributed by atoms with van der Waals surface area (Å²) in [5.41, 5.74) is 0.809. The lowest BCUT2D eigenvalue weighted by atomic mass is 10.0. The lowest BCUT2D eigenvalue weighted by Crippen LogP contribution is -1.93. The highest BCUT2D eigenvalue weighted by molar-refractivity contribution is 7.98. The number of hydrogen-bond donors (Lipinski definition) is 0. The number of carbonyl (C=O) groups is 1. The van der Waals surface area contributed by atoms with E-state index in [0.29, 0.717) is 0 Å². The fourth-order valence-corrected chi connectivity index (χ4v) is 2.36. The molecular formula is C13H12OS. The van der Waals surface area contributed by atoms with Gasteiger partial charge in [0.05, 0.1) is 0 Å². The van der Waals surface area contributed by atoms with Crippen LogP contribution in [0.25, 0.3) is 10.8 Å². The van der Waals surface area contributed by atoms with Crippen LogP contribution in [0.2, 0.25) is 0 Å². The van der Waals surface area contributed by atoms with Crippen LogP contribution >= 0.6 is 11.8 Å². The molecule has 2 heteroatoms. The minimum Gasteiger partial charge on any atom is -0.294 e. The Hall–Kier alpha value is -1.28. The summed E-state index contributed by atoms with van der Waals surface area (Å²) in [4.78, 5) is 12.7. The summed E-state index contributed by atoms with van der Waals surface area (Å²) in [6.07, 6.45) is 2.05. The molecule has 0 N–H and O–H groups in total. The molecule has 0 bridgehead atoms. The summed E-state index contributed by atoms with van der Waals surface area (Å²) in [5, 5.41) is 2.22. The summed E-state index contributed by atoms with van der Waals surface area (Å²) in [5.74, 6) is 0.124. The molecule has 2 aromatic carbocycles. The SMILES string of the molecule is CSc1ccc(C(C)=O)c2ccccc12. The van der Waals surface area contributed by atoms with Crippen LogP contribution in [0.15, 0.2) is 41.3 Å². The van der Waals surface area contributed by atoms with Gasteiger partial charge in [-0.15, -0.1) is 11.8 Å². The largest absolute Gasteiger partial charge is 0.294 e. The molecule has 76 valence electrons. The Morgan fingerprint density at radius 2 is 1.73 bits per heavy atom. The molecule has 0 atom stereocenters. The Bertz CT molecular complexity index is 517. The number of carbonyl (C=O) groups excluding carboxylic acids is 1. The van der Waals surface area contributed by atoms with Crippen molar-refractivity contribution in [1.29, 1.82) is 0 Å². The maximum absolute atomic E-state index is 11.5. The first kappa shape index (κ1) is 10.2. The van der Waals surface area contributed by atoms with E-state index >= 15 is 0 Å². The standard InChI is InChI=1S/C13H12OS/c1-9(14)10-7-8-13(15-2)12-6-4-3-5-11(10)12/h3-8H,1-2H3. The van der Waals surface area contributed by atoms with Crippen molar-refractivity contribution in [3.63, 3.8) is 0 Å². The highest BCUT2D eigenvalue weighted by atomic mass is 32.2. The van der Waals surface area contributed by atoms with Crippen molar-refractivity contribution >= 4 is 28.3 Å². The van der Waals surface area contributed by atoms with Crippen LogP contribution < -0.4 is 0 Å². The van der Waals surface area contributed by atoms with Gasteiger partial charge in [0.2, 0.25) is 0 Å². The van der Waals surface area contributed by atoms with Gasteiger partial charge in [0.25, 0.3) is 0 Å². The third kappa shape index (κ3) is 1.77. The summed E-state index contributed by atoms with van der Waals surface area (Å²) in [7, 11) is 0. The van der Waals surface area contributed by atoms with Gasteiger partial charge < -0.3 is 0 Å². The molecule has 1 nitrogen and oxygen atoms in total. The Balaban J connectivity index is 2.83. The van der Waals surface area contributed by atoms with Crippen molar-refractivity contribution in [3.05, 3.63) is 42.0 Å². The molecule has 0 saturated heterocycles. The molecule has 2 aromatic rings. The van der Waals surface area contributed by atoms with Crippen molar-refractivity contribution in [1.82, 2.24) is 0 Å². The molecular weight excluding hydrogens is 204 g/mol. The van der Waals surface area contributed by atoms with Crippen LogP contribution in [0, 0.1) is 0 Å². The number of fused-ring (bicyclic) bond motifs is 1.